The van der Waals surface area contributed by atoms with Gasteiger partial charge in [0.1, 0.15) is 23.9 Å². The molecule has 0 aromatic carbocycles. The molecule has 3 aromatic heterocycles. The van der Waals surface area contributed by atoms with Gasteiger partial charge >= 0.3 is 0 Å². The van der Waals surface area contributed by atoms with Gasteiger partial charge in [0.2, 0.25) is 11.9 Å². The minimum absolute atomic E-state index is 0.105. The fourth-order valence-corrected chi connectivity index (χ4v) is 4.07. The average Bonchev–Trinajstić information content (AvgIpc) is 3.21. The van der Waals surface area contributed by atoms with Crippen LogP contribution in [0.4, 0.5) is 11.5 Å². The van der Waals surface area contributed by atoms with Crippen molar-refractivity contribution in [2.24, 2.45) is 0 Å². The predicted molar refractivity (Wildman–Crippen MR) is 108 cm³/mol. The first-order valence-electron chi connectivity index (χ1n) is 9.91. The molecule has 0 saturated heterocycles. The lowest BCUT2D eigenvalue weighted by atomic mass is 9.88. The number of amides is 1. The smallest absolute Gasteiger partial charge is 0.249 e. The molecule has 2 aliphatic rings. The van der Waals surface area contributed by atoms with Crippen molar-refractivity contribution in [1.82, 2.24) is 29.5 Å². The Kier molecular flexibility index (Phi) is 4.22. The highest BCUT2D eigenvalue weighted by atomic mass is 16.2. The second-order valence-corrected chi connectivity index (χ2v) is 7.44. The maximum Gasteiger partial charge on any atom is 0.249 e. The molecule has 1 amide bonds. The quantitative estimate of drug-likeness (QED) is 0.674. The Morgan fingerprint density at radius 2 is 1.93 bits per heavy atom. The van der Waals surface area contributed by atoms with E-state index in [1.54, 1.807) is 36.7 Å². The predicted octanol–water partition coefficient (Wildman–Crippen LogP) is 2.23. The maximum atomic E-state index is 12.9. The highest BCUT2D eigenvalue weighted by molar-refractivity contribution is 6.04. The lowest BCUT2D eigenvalue weighted by molar-refractivity contribution is -0.120. The highest BCUT2D eigenvalue weighted by Gasteiger charge is 2.42. The number of hydrogen-bond donors (Lipinski definition) is 0. The van der Waals surface area contributed by atoms with Crippen molar-refractivity contribution in [2.75, 3.05) is 16.8 Å². The summed E-state index contributed by atoms with van der Waals surface area (Å²) in [6, 6.07) is 0.161. The van der Waals surface area contributed by atoms with Crippen LogP contribution in [0.5, 0.6) is 0 Å². The van der Waals surface area contributed by atoms with Gasteiger partial charge in [-0.1, -0.05) is 6.92 Å². The van der Waals surface area contributed by atoms with Gasteiger partial charge in [-0.2, -0.15) is 4.98 Å². The number of imidazole rings is 1. The summed E-state index contributed by atoms with van der Waals surface area (Å²) in [6.45, 7) is 2.05. The number of rotatable bonds is 4. The van der Waals surface area contributed by atoms with Crippen LogP contribution in [0.25, 0.3) is 17.3 Å². The summed E-state index contributed by atoms with van der Waals surface area (Å²) in [5, 5.41) is 0. The average molecular weight is 390 g/mol. The number of hydrogen-bond acceptors (Lipinski definition) is 7. The van der Waals surface area contributed by atoms with Gasteiger partial charge in [-0.3, -0.25) is 9.36 Å². The number of aromatic nitrogens is 6. The van der Waals surface area contributed by atoms with Gasteiger partial charge in [-0.15, -0.1) is 0 Å². The van der Waals surface area contributed by atoms with Crippen LogP contribution in [0.1, 0.15) is 32.6 Å². The Bertz CT molecular complexity index is 1050. The third kappa shape index (κ3) is 2.76. The first-order chi connectivity index (χ1) is 14.2. The molecule has 1 saturated carbocycles. The molecule has 148 valence electrons. The van der Waals surface area contributed by atoms with E-state index < -0.39 is 0 Å². The summed E-state index contributed by atoms with van der Waals surface area (Å²) in [5.41, 5.74) is 1.54. The van der Waals surface area contributed by atoms with Crippen molar-refractivity contribution in [3.05, 3.63) is 37.3 Å². The molecular formula is C20H22N8O. The molecule has 1 atom stereocenters. The number of anilines is 2. The van der Waals surface area contributed by atoms with Crippen LogP contribution in [0, 0.1) is 0 Å². The first-order valence-corrected chi connectivity index (χ1v) is 9.91. The van der Waals surface area contributed by atoms with E-state index in [2.05, 4.69) is 31.8 Å². The molecule has 0 bridgehead atoms. The maximum absolute atomic E-state index is 12.9. The Labute approximate surface area is 168 Å². The number of nitrogens with zero attached hydrogens (tertiary/aromatic N) is 8. The normalized spacial score (nSPS) is 19.2. The van der Waals surface area contributed by atoms with E-state index in [-0.39, 0.29) is 11.9 Å². The zero-order valence-electron chi connectivity index (χ0n) is 16.4. The first kappa shape index (κ1) is 17.7. The Morgan fingerprint density at radius 3 is 2.62 bits per heavy atom. The second-order valence-electron chi connectivity index (χ2n) is 7.44. The molecule has 1 aliphatic carbocycles. The number of likely N-dealkylation sites (N-methyl/N-ethyl adjacent to an activating group) is 1. The third-order valence-corrected chi connectivity index (χ3v) is 5.82. The van der Waals surface area contributed by atoms with Crippen molar-refractivity contribution in [1.29, 1.82) is 0 Å². The minimum Gasteiger partial charge on any atom is -0.340 e. The molecule has 29 heavy (non-hydrogen) atoms. The number of carbonyl (C=O) groups excluding carboxylic acids is 1. The summed E-state index contributed by atoms with van der Waals surface area (Å²) >= 11 is 0. The molecule has 9 nitrogen and oxygen atoms in total. The van der Waals surface area contributed by atoms with E-state index in [0.29, 0.717) is 17.8 Å². The van der Waals surface area contributed by atoms with Crippen molar-refractivity contribution in [2.45, 2.75) is 44.7 Å². The van der Waals surface area contributed by atoms with Crippen LogP contribution in [0.3, 0.4) is 0 Å². The summed E-state index contributed by atoms with van der Waals surface area (Å²) < 4.78 is 1.83. The highest BCUT2D eigenvalue weighted by Crippen LogP contribution is 2.40. The number of carbonyl (C=O) groups is 1. The van der Waals surface area contributed by atoms with Gasteiger partial charge in [-0.25, -0.2) is 19.9 Å². The van der Waals surface area contributed by atoms with Gasteiger partial charge in [-0.05, 0) is 25.7 Å². The van der Waals surface area contributed by atoms with Gasteiger partial charge in [0.25, 0.3) is 0 Å². The van der Waals surface area contributed by atoms with Crippen LogP contribution in [-0.4, -0.2) is 54.5 Å². The van der Waals surface area contributed by atoms with Crippen molar-refractivity contribution in [3.8, 4) is 17.3 Å². The zero-order chi connectivity index (χ0) is 20.0. The molecule has 5 rings (SSSR count). The fourth-order valence-electron chi connectivity index (χ4n) is 4.07. The van der Waals surface area contributed by atoms with E-state index in [1.807, 2.05) is 10.8 Å². The zero-order valence-corrected chi connectivity index (χ0v) is 16.4. The number of fused-ring (bicyclic) bond motifs is 1. The van der Waals surface area contributed by atoms with Crippen molar-refractivity contribution in [3.63, 3.8) is 0 Å². The van der Waals surface area contributed by atoms with E-state index in [4.69, 9.17) is 4.98 Å². The van der Waals surface area contributed by atoms with Gasteiger partial charge in [0, 0.05) is 37.9 Å². The molecule has 0 radical (unpaired) electrons. The Morgan fingerprint density at radius 1 is 1.14 bits per heavy atom. The van der Waals surface area contributed by atoms with Crippen LogP contribution in [0.15, 0.2) is 37.3 Å². The van der Waals surface area contributed by atoms with Crippen LogP contribution >= 0.6 is 0 Å². The summed E-state index contributed by atoms with van der Waals surface area (Å²) in [7, 11) is 1.80. The van der Waals surface area contributed by atoms with Crippen molar-refractivity contribution >= 4 is 17.4 Å². The van der Waals surface area contributed by atoms with E-state index in [9.17, 15) is 4.79 Å². The lowest BCUT2D eigenvalue weighted by Gasteiger charge is -2.47. The van der Waals surface area contributed by atoms with E-state index in [1.165, 1.54) is 12.7 Å². The molecule has 0 spiro atoms. The molecule has 0 N–H and O–H groups in total. The van der Waals surface area contributed by atoms with Gasteiger partial charge in [0.15, 0.2) is 5.82 Å². The molecule has 3 aromatic rings. The van der Waals surface area contributed by atoms with Crippen LogP contribution in [-0.2, 0) is 4.79 Å². The monoisotopic (exact) mass is 390 g/mol. The van der Waals surface area contributed by atoms with E-state index in [0.717, 1.165) is 36.3 Å². The molecule has 0 unspecified atom stereocenters. The molecule has 9 heteroatoms. The molecular weight excluding hydrogens is 368 g/mol. The molecule has 1 fully saturated rings. The van der Waals surface area contributed by atoms with Crippen LogP contribution in [0.2, 0.25) is 0 Å². The van der Waals surface area contributed by atoms with Crippen molar-refractivity contribution < 1.29 is 4.79 Å². The lowest BCUT2D eigenvalue weighted by Crippen LogP contribution is -2.57. The SMILES string of the molecule is CC[C@@H]1C(=O)N(C)c2cnc(-n3ccnc3-c3cncnc3)nc2N1C1CCC1. The van der Waals surface area contributed by atoms with Gasteiger partial charge < -0.3 is 9.80 Å². The van der Waals surface area contributed by atoms with Crippen LogP contribution < -0.4 is 9.80 Å². The largest absolute Gasteiger partial charge is 0.340 e. The Hall–Kier alpha value is -3.36. The minimum atomic E-state index is -0.190. The summed E-state index contributed by atoms with van der Waals surface area (Å²) in [5.74, 6) is 2.11. The Balaban J connectivity index is 1.63. The van der Waals surface area contributed by atoms with Gasteiger partial charge in [0.05, 0.1) is 11.8 Å². The fraction of sp³-hybridized carbons (Fsp3) is 0.400. The topological polar surface area (TPSA) is 92.9 Å². The molecule has 1 aliphatic heterocycles. The summed E-state index contributed by atoms with van der Waals surface area (Å²) in [4.78, 5) is 38.9. The molecule has 4 heterocycles. The summed E-state index contributed by atoms with van der Waals surface area (Å²) in [6.07, 6.45) is 14.3. The van der Waals surface area contributed by atoms with E-state index >= 15 is 0 Å². The third-order valence-electron chi connectivity index (χ3n) is 5.82. The second kappa shape index (κ2) is 6.91. The standard InChI is InChI=1S/C20H22N8O/c1-3-15-19(29)26(2)16-11-24-20(25-18(16)28(15)14-5-4-6-14)27-8-7-23-17(27)13-9-21-12-22-10-13/h7-12,14-15H,3-6H2,1-2H3/t15-/m1/s1.